The summed E-state index contributed by atoms with van der Waals surface area (Å²) in [4.78, 5) is 27.0. The second-order valence-corrected chi connectivity index (χ2v) is 6.63. The van der Waals surface area contributed by atoms with Gasteiger partial charge in [0.1, 0.15) is 0 Å². The van der Waals surface area contributed by atoms with E-state index in [4.69, 9.17) is 11.6 Å². The van der Waals surface area contributed by atoms with Crippen LogP contribution in [0.2, 0.25) is 5.02 Å². The van der Waals surface area contributed by atoms with Gasteiger partial charge in [0.2, 0.25) is 0 Å². The van der Waals surface area contributed by atoms with Crippen molar-refractivity contribution in [2.75, 3.05) is 18.4 Å². The second-order valence-electron chi connectivity index (χ2n) is 6.22. The average molecular weight is 357 g/mol. The molecule has 5 heteroatoms. The smallest absolute Gasteiger partial charge is 0.257 e. The van der Waals surface area contributed by atoms with Crippen LogP contribution in [0.25, 0.3) is 0 Å². The molecule has 0 spiro atoms. The Morgan fingerprint density at radius 1 is 0.920 bits per heavy atom. The summed E-state index contributed by atoms with van der Waals surface area (Å²) in [6.45, 7) is 1.60. The normalized spacial score (nSPS) is 14.7. The number of amides is 2. The van der Waals surface area contributed by atoms with Crippen LogP contribution in [-0.4, -0.2) is 29.8 Å². The Morgan fingerprint density at radius 3 is 2.36 bits per heavy atom. The molecule has 0 radical (unpaired) electrons. The Bertz CT molecular complexity index is 768. The van der Waals surface area contributed by atoms with Gasteiger partial charge < -0.3 is 10.2 Å². The van der Waals surface area contributed by atoms with Crippen molar-refractivity contribution >= 4 is 29.1 Å². The minimum atomic E-state index is -0.287. The highest BCUT2D eigenvalue weighted by molar-refractivity contribution is 6.34. The first-order valence-electron chi connectivity index (χ1n) is 8.60. The molecule has 1 N–H and O–H groups in total. The van der Waals surface area contributed by atoms with Gasteiger partial charge in [-0.2, -0.15) is 0 Å². The van der Waals surface area contributed by atoms with Crippen molar-refractivity contribution in [3.05, 3.63) is 64.7 Å². The van der Waals surface area contributed by atoms with Crippen LogP contribution >= 0.6 is 11.6 Å². The van der Waals surface area contributed by atoms with Gasteiger partial charge in [-0.25, -0.2) is 0 Å². The first-order valence-corrected chi connectivity index (χ1v) is 8.98. The van der Waals surface area contributed by atoms with Gasteiger partial charge in [-0.05, 0) is 43.2 Å². The zero-order chi connectivity index (χ0) is 17.6. The summed E-state index contributed by atoms with van der Waals surface area (Å²) in [6, 6.07) is 14.0. The minimum Gasteiger partial charge on any atom is -0.339 e. The lowest BCUT2D eigenvalue weighted by molar-refractivity contribution is 0.0761. The lowest BCUT2D eigenvalue weighted by Gasteiger charge is -2.20. The van der Waals surface area contributed by atoms with Crippen molar-refractivity contribution in [1.29, 1.82) is 0 Å². The fourth-order valence-corrected chi connectivity index (χ4v) is 3.25. The van der Waals surface area contributed by atoms with E-state index in [-0.39, 0.29) is 11.8 Å². The van der Waals surface area contributed by atoms with Gasteiger partial charge >= 0.3 is 0 Å². The molecule has 1 aliphatic heterocycles. The molecule has 130 valence electrons. The van der Waals surface area contributed by atoms with Crippen molar-refractivity contribution < 1.29 is 9.59 Å². The third-order valence-corrected chi connectivity index (χ3v) is 4.71. The maximum Gasteiger partial charge on any atom is 0.257 e. The molecular formula is C20H21ClN2O2. The number of rotatable bonds is 3. The van der Waals surface area contributed by atoms with Crippen molar-refractivity contribution in [3.8, 4) is 0 Å². The van der Waals surface area contributed by atoms with Crippen molar-refractivity contribution in [3.63, 3.8) is 0 Å². The molecule has 0 saturated carbocycles. The molecule has 2 amide bonds. The van der Waals surface area contributed by atoms with Gasteiger partial charge in [0, 0.05) is 24.3 Å². The molecule has 2 aromatic rings. The molecule has 0 aromatic heterocycles. The fourth-order valence-electron chi connectivity index (χ4n) is 3.03. The number of hydrogen-bond donors (Lipinski definition) is 1. The van der Waals surface area contributed by atoms with Crippen LogP contribution in [0.1, 0.15) is 46.4 Å². The zero-order valence-corrected chi connectivity index (χ0v) is 14.8. The summed E-state index contributed by atoms with van der Waals surface area (Å²) in [5.41, 5.74) is 1.60. The maximum absolute atomic E-state index is 12.7. The van der Waals surface area contributed by atoms with Crippen LogP contribution in [0.3, 0.4) is 0 Å². The first-order chi connectivity index (χ1) is 12.1. The Morgan fingerprint density at radius 2 is 1.64 bits per heavy atom. The zero-order valence-electron chi connectivity index (χ0n) is 14.0. The van der Waals surface area contributed by atoms with E-state index in [0.717, 1.165) is 25.9 Å². The summed E-state index contributed by atoms with van der Waals surface area (Å²) in [6.07, 6.45) is 4.46. The molecule has 2 aromatic carbocycles. The molecule has 1 fully saturated rings. The number of likely N-dealkylation sites (tertiary alicyclic amines) is 1. The van der Waals surface area contributed by atoms with E-state index in [1.807, 2.05) is 4.90 Å². The van der Waals surface area contributed by atoms with E-state index >= 15 is 0 Å². The summed E-state index contributed by atoms with van der Waals surface area (Å²) >= 11 is 6.06. The van der Waals surface area contributed by atoms with Gasteiger partial charge in [0.25, 0.3) is 11.8 Å². The molecule has 3 rings (SSSR count). The van der Waals surface area contributed by atoms with Gasteiger partial charge in [-0.3, -0.25) is 9.59 Å². The van der Waals surface area contributed by atoms with Crippen LogP contribution in [0, 0.1) is 0 Å². The molecule has 25 heavy (non-hydrogen) atoms. The number of halogens is 1. The number of carbonyl (C=O) groups excluding carboxylic acids is 2. The number of nitrogens with zero attached hydrogens (tertiary/aromatic N) is 1. The summed E-state index contributed by atoms with van der Waals surface area (Å²) in [7, 11) is 0. The monoisotopic (exact) mass is 356 g/mol. The van der Waals surface area contributed by atoms with E-state index in [0.29, 0.717) is 21.8 Å². The molecule has 0 aliphatic carbocycles. The molecule has 1 heterocycles. The van der Waals surface area contributed by atoms with Crippen LogP contribution in [0.5, 0.6) is 0 Å². The second kappa shape index (κ2) is 8.17. The summed E-state index contributed by atoms with van der Waals surface area (Å²) in [5, 5.41) is 3.22. The third-order valence-electron chi connectivity index (χ3n) is 4.38. The van der Waals surface area contributed by atoms with E-state index in [9.17, 15) is 9.59 Å². The lowest BCUT2D eigenvalue weighted by atomic mass is 10.1. The Kier molecular flexibility index (Phi) is 5.71. The van der Waals surface area contributed by atoms with Crippen LogP contribution in [0.15, 0.2) is 48.5 Å². The number of nitrogens with one attached hydrogen (secondary N) is 1. The molecule has 0 unspecified atom stereocenters. The quantitative estimate of drug-likeness (QED) is 0.873. The van der Waals surface area contributed by atoms with Crippen LogP contribution in [-0.2, 0) is 0 Å². The summed E-state index contributed by atoms with van der Waals surface area (Å²) in [5.74, 6) is -0.263. The lowest BCUT2D eigenvalue weighted by Crippen LogP contribution is -2.31. The largest absolute Gasteiger partial charge is 0.339 e. The molecule has 4 nitrogen and oxygen atoms in total. The van der Waals surface area contributed by atoms with E-state index < -0.39 is 0 Å². The average Bonchev–Trinajstić information content (AvgIpc) is 2.91. The number of benzene rings is 2. The highest BCUT2D eigenvalue weighted by Gasteiger charge is 2.18. The van der Waals surface area contributed by atoms with Crippen LogP contribution in [0.4, 0.5) is 5.69 Å². The third kappa shape index (κ3) is 4.40. The fraction of sp³-hybridized carbons (Fsp3) is 0.300. The minimum absolute atomic E-state index is 0.0238. The predicted octanol–water partition coefficient (Wildman–Crippen LogP) is 4.61. The van der Waals surface area contributed by atoms with Crippen molar-refractivity contribution in [2.45, 2.75) is 25.7 Å². The molecule has 0 atom stereocenters. The maximum atomic E-state index is 12.7. The molecule has 0 bridgehead atoms. The molecule has 1 aliphatic rings. The highest BCUT2D eigenvalue weighted by atomic mass is 35.5. The molecule has 1 saturated heterocycles. The Labute approximate surface area is 152 Å². The number of carbonyl (C=O) groups is 2. The predicted molar refractivity (Wildman–Crippen MR) is 100 cm³/mol. The SMILES string of the molecule is O=C(Nc1cccc(C(=O)N2CCCCCC2)c1)c1ccccc1Cl. The Balaban J connectivity index is 1.74. The van der Waals surface area contributed by atoms with Gasteiger partial charge in [0.15, 0.2) is 0 Å². The first kappa shape index (κ1) is 17.5. The van der Waals surface area contributed by atoms with E-state index in [1.54, 1.807) is 48.5 Å². The molecular weight excluding hydrogens is 336 g/mol. The van der Waals surface area contributed by atoms with Crippen molar-refractivity contribution in [2.24, 2.45) is 0 Å². The highest BCUT2D eigenvalue weighted by Crippen LogP contribution is 2.19. The van der Waals surface area contributed by atoms with E-state index in [1.165, 1.54) is 12.8 Å². The van der Waals surface area contributed by atoms with Crippen molar-refractivity contribution in [1.82, 2.24) is 4.90 Å². The van der Waals surface area contributed by atoms with E-state index in [2.05, 4.69) is 5.32 Å². The topological polar surface area (TPSA) is 49.4 Å². The Hall–Kier alpha value is -2.33. The van der Waals surface area contributed by atoms with Gasteiger partial charge in [-0.15, -0.1) is 0 Å². The van der Waals surface area contributed by atoms with Crippen LogP contribution < -0.4 is 5.32 Å². The standard InChI is InChI=1S/C20H21ClN2O2/c21-18-11-4-3-10-17(18)19(24)22-16-9-7-8-15(14-16)20(25)23-12-5-1-2-6-13-23/h3-4,7-11,14H,1-2,5-6,12-13H2,(H,22,24). The van der Waals surface area contributed by atoms with Gasteiger partial charge in [0.05, 0.1) is 10.6 Å². The number of hydrogen-bond acceptors (Lipinski definition) is 2. The summed E-state index contributed by atoms with van der Waals surface area (Å²) < 4.78 is 0. The number of anilines is 1. The van der Waals surface area contributed by atoms with Gasteiger partial charge in [-0.1, -0.05) is 42.6 Å².